The van der Waals surface area contributed by atoms with Gasteiger partial charge in [0.05, 0.1) is 5.54 Å². The lowest BCUT2D eigenvalue weighted by Gasteiger charge is -2.29. The van der Waals surface area contributed by atoms with Crippen LogP contribution in [0.4, 0.5) is 4.79 Å². The van der Waals surface area contributed by atoms with E-state index in [0.29, 0.717) is 24.2 Å². The van der Waals surface area contributed by atoms with Crippen molar-refractivity contribution in [2.24, 2.45) is 4.99 Å². The molecule has 7 nitrogen and oxygen atoms in total. The van der Waals surface area contributed by atoms with Crippen LogP contribution >= 0.6 is 35.6 Å². The number of hydrogen-bond donors (Lipinski definition) is 3. The molecular formula is C18H31ClIN5O2. The number of pyridine rings is 1. The first-order chi connectivity index (χ1) is 12.0. The molecule has 0 radical (unpaired) electrons. The van der Waals surface area contributed by atoms with Crippen LogP contribution in [-0.2, 0) is 11.2 Å². The molecule has 0 aromatic carbocycles. The third-order valence-electron chi connectivity index (χ3n) is 3.26. The number of amides is 1. The average Bonchev–Trinajstić information content (AvgIpc) is 2.50. The average molecular weight is 512 g/mol. The van der Waals surface area contributed by atoms with Crippen LogP contribution in [-0.4, -0.2) is 48.3 Å². The Bertz CT molecular complexity index is 615. The molecule has 1 heterocycles. The number of carbonyl (C=O) groups excluding carboxylic acids is 1. The Morgan fingerprint density at radius 3 is 2.41 bits per heavy atom. The van der Waals surface area contributed by atoms with Crippen molar-refractivity contribution >= 4 is 47.6 Å². The first kappa shape index (κ1) is 25.7. The van der Waals surface area contributed by atoms with E-state index in [1.807, 2.05) is 40.7 Å². The lowest BCUT2D eigenvalue weighted by atomic mass is 10.1. The fourth-order valence-electron chi connectivity index (χ4n) is 2.03. The van der Waals surface area contributed by atoms with Crippen molar-refractivity contribution in [3.05, 3.63) is 29.0 Å². The summed E-state index contributed by atoms with van der Waals surface area (Å²) < 4.78 is 5.29. The van der Waals surface area contributed by atoms with Gasteiger partial charge in [-0.05, 0) is 52.7 Å². The molecule has 0 saturated carbocycles. The van der Waals surface area contributed by atoms with Crippen molar-refractivity contribution in [2.45, 2.75) is 52.2 Å². The van der Waals surface area contributed by atoms with E-state index in [2.05, 4.69) is 25.9 Å². The van der Waals surface area contributed by atoms with Crippen molar-refractivity contribution in [3.63, 3.8) is 0 Å². The van der Waals surface area contributed by atoms with Gasteiger partial charge < -0.3 is 20.7 Å². The van der Waals surface area contributed by atoms with Crippen LogP contribution < -0.4 is 16.0 Å². The minimum Gasteiger partial charge on any atom is -0.444 e. The number of guanidine groups is 1. The summed E-state index contributed by atoms with van der Waals surface area (Å²) in [4.78, 5) is 20.2. The summed E-state index contributed by atoms with van der Waals surface area (Å²) in [6, 6.07) is 3.72. The first-order valence-corrected chi connectivity index (χ1v) is 8.95. The second-order valence-electron chi connectivity index (χ2n) is 7.60. The van der Waals surface area contributed by atoms with E-state index in [-0.39, 0.29) is 24.0 Å². The Labute approximate surface area is 184 Å². The molecule has 0 aliphatic carbocycles. The summed E-state index contributed by atoms with van der Waals surface area (Å²) in [6.45, 7) is 10.5. The minimum absolute atomic E-state index is 0. The molecule has 1 amide bonds. The molecule has 1 aromatic heterocycles. The molecule has 3 N–H and O–H groups in total. The Balaban J connectivity index is 0.00000676. The predicted molar refractivity (Wildman–Crippen MR) is 121 cm³/mol. The number of nitrogens with one attached hydrogen (secondary N) is 3. The first-order valence-electron chi connectivity index (χ1n) is 8.57. The zero-order chi connectivity index (χ0) is 19.8. The Kier molecular flexibility index (Phi) is 11.0. The van der Waals surface area contributed by atoms with Gasteiger partial charge in [0.15, 0.2) is 5.96 Å². The highest BCUT2D eigenvalue weighted by Gasteiger charge is 2.24. The quantitative estimate of drug-likeness (QED) is 0.236. The fraction of sp³-hybridized carbons (Fsp3) is 0.611. The van der Waals surface area contributed by atoms with E-state index in [0.717, 1.165) is 12.0 Å². The van der Waals surface area contributed by atoms with Crippen LogP contribution in [0.25, 0.3) is 0 Å². The van der Waals surface area contributed by atoms with Crippen LogP contribution in [0.1, 0.15) is 40.2 Å². The molecule has 0 aliphatic heterocycles. The second kappa shape index (κ2) is 11.5. The lowest BCUT2D eigenvalue weighted by molar-refractivity contribution is 0.0474. The van der Waals surface area contributed by atoms with Gasteiger partial charge >= 0.3 is 6.09 Å². The molecule has 1 rings (SSSR count). The van der Waals surface area contributed by atoms with Crippen LogP contribution in [0.3, 0.4) is 0 Å². The standard InChI is InChI=1S/C18H30ClN5O2.HI/c1-17(2,3)26-16(25)24-18(4,5)12-23-15(20-6)21-10-9-13-7-8-14(19)22-11-13;/h7-8,11H,9-10,12H2,1-6H3,(H,24,25)(H2,20,21,23);1H. The van der Waals surface area contributed by atoms with Gasteiger partial charge in [-0.3, -0.25) is 4.99 Å². The van der Waals surface area contributed by atoms with Crippen molar-refractivity contribution < 1.29 is 9.53 Å². The number of aromatic nitrogens is 1. The van der Waals surface area contributed by atoms with Crippen molar-refractivity contribution in [1.82, 2.24) is 20.9 Å². The molecular weight excluding hydrogens is 481 g/mol. The van der Waals surface area contributed by atoms with E-state index >= 15 is 0 Å². The van der Waals surface area contributed by atoms with Gasteiger partial charge in [-0.25, -0.2) is 9.78 Å². The largest absolute Gasteiger partial charge is 0.444 e. The van der Waals surface area contributed by atoms with Crippen LogP contribution in [0.15, 0.2) is 23.3 Å². The highest BCUT2D eigenvalue weighted by molar-refractivity contribution is 14.0. The topological polar surface area (TPSA) is 87.6 Å². The maximum atomic E-state index is 11.9. The van der Waals surface area contributed by atoms with E-state index in [9.17, 15) is 4.79 Å². The normalized spacial score (nSPS) is 12.0. The Morgan fingerprint density at radius 2 is 1.89 bits per heavy atom. The summed E-state index contributed by atoms with van der Waals surface area (Å²) >= 11 is 5.78. The molecule has 0 spiro atoms. The number of rotatable bonds is 6. The minimum atomic E-state index is -0.526. The maximum absolute atomic E-state index is 11.9. The monoisotopic (exact) mass is 511 g/mol. The molecule has 9 heteroatoms. The summed E-state index contributed by atoms with van der Waals surface area (Å²) in [5, 5.41) is 9.77. The van der Waals surface area contributed by atoms with Gasteiger partial charge in [0.25, 0.3) is 0 Å². The molecule has 0 bridgehead atoms. The summed E-state index contributed by atoms with van der Waals surface area (Å²) in [5.74, 6) is 0.658. The zero-order valence-corrected chi connectivity index (χ0v) is 19.9. The molecule has 0 aliphatic rings. The van der Waals surface area contributed by atoms with E-state index in [4.69, 9.17) is 16.3 Å². The van der Waals surface area contributed by atoms with Crippen molar-refractivity contribution in [3.8, 4) is 0 Å². The van der Waals surface area contributed by atoms with Crippen molar-refractivity contribution in [2.75, 3.05) is 20.1 Å². The Morgan fingerprint density at radius 1 is 1.22 bits per heavy atom. The third-order valence-corrected chi connectivity index (χ3v) is 3.48. The number of ether oxygens (including phenoxy) is 1. The number of carbonyl (C=O) groups is 1. The number of halogens is 2. The van der Waals surface area contributed by atoms with Gasteiger partial charge in [0.2, 0.25) is 0 Å². The smallest absolute Gasteiger partial charge is 0.408 e. The van der Waals surface area contributed by atoms with Crippen LogP contribution in [0.2, 0.25) is 5.15 Å². The van der Waals surface area contributed by atoms with E-state index in [1.54, 1.807) is 19.3 Å². The fourth-order valence-corrected chi connectivity index (χ4v) is 2.14. The molecule has 27 heavy (non-hydrogen) atoms. The van der Waals surface area contributed by atoms with E-state index < -0.39 is 17.2 Å². The third kappa shape index (κ3) is 11.9. The molecule has 1 aromatic rings. The highest BCUT2D eigenvalue weighted by atomic mass is 127. The highest BCUT2D eigenvalue weighted by Crippen LogP contribution is 2.09. The van der Waals surface area contributed by atoms with Crippen LogP contribution in [0, 0.1) is 0 Å². The molecule has 0 atom stereocenters. The van der Waals surface area contributed by atoms with Gasteiger partial charge in [0.1, 0.15) is 10.8 Å². The van der Waals surface area contributed by atoms with Crippen LogP contribution in [0.5, 0.6) is 0 Å². The van der Waals surface area contributed by atoms with Gasteiger partial charge in [-0.2, -0.15) is 0 Å². The van der Waals surface area contributed by atoms with E-state index in [1.165, 1.54) is 0 Å². The SMILES string of the molecule is CN=C(NCCc1ccc(Cl)nc1)NCC(C)(C)NC(=O)OC(C)(C)C.I. The number of aliphatic imine (C=N–C) groups is 1. The lowest BCUT2D eigenvalue weighted by Crippen LogP contribution is -2.54. The number of alkyl carbamates (subject to hydrolysis) is 1. The molecule has 154 valence electrons. The summed E-state index contributed by atoms with van der Waals surface area (Å²) in [5.41, 5.74) is 0.0613. The van der Waals surface area contributed by atoms with Crippen molar-refractivity contribution in [1.29, 1.82) is 0 Å². The van der Waals surface area contributed by atoms with Gasteiger partial charge in [0, 0.05) is 26.3 Å². The second-order valence-corrected chi connectivity index (χ2v) is 7.99. The number of nitrogens with zero attached hydrogens (tertiary/aromatic N) is 2. The maximum Gasteiger partial charge on any atom is 0.408 e. The molecule has 0 fully saturated rings. The molecule has 0 saturated heterocycles. The molecule has 0 unspecified atom stereocenters. The number of hydrogen-bond acceptors (Lipinski definition) is 4. The predicted octanol–water partition coefficient (Wildman–Crippen LogP) is 3.36. The zero-order valence-electron chi connectivity index (χ0n) is 16.9. The Hall–Kier alpha value is -1.29. The van der Waals surface area contributed by atoms with Gasteiger partial charge in [-0.15, -0.1) is 24.0 Å². The van der Waals surface area contributed by atoms with Gasteiger partial charge in [-0.1, -0.05) is 17.7 Å². The summed E-state index contributed by atoms with van der Waals surface area (Å²) in [6.07, 6.45) is 2.11. The summed E-state index contributed by atoms with van der Waals surface area (Å²) in [7, 11) is 1.70.